The highest BCUT2D eigenvalue weighted by Crippen LogP contribution is 2.24. The number of rotatable bonds is 8. The highest BCUT2D eigenvalue weighted by atomic mass is 35.5. The number of amides is 1. The topological polar surface area (TPSA) is 47.6 Å². The van der Waals surface area contributed by atoms with Crippen LogP contribution in [0.25, 0.3) is 0 Å². The summed E-state index contributed by atoms with van der Waals surface area (Å²) in [5, 5.41) is 3.75. The maximum Gasteiger partial charge on any atom is 0.258 e. The monoisotopic (exact) mass is 375 g/mol. The number of nitrogens with one attached hydrogen (secondary N) is 1. The normalized spacial score (nSPS) is 11.9. The van der Waals surface area contributed by atoms with Crippen molar-refractivity contribution in [1.29, 1.82) is 0 Å². The Morgan fingerprint density at radius 3 is 2.35 bits per heavy atom. The Morgan fingerprint density at radius 1 is 1.12 bits per heavy atom. The molecule has 0 saturated heterocycles. The summed E-state index contributed by atoms with van der Waals surface area (Å²) in [6.07, 6.45) is 0.845. The Balaban J connectivity index is 1.99. The second-order valence-electron chi connectivity index (χ2n) is 6.72. The van der Waals surface area contributed by atoms with Gasteiger partial charge < -0.3 is 14.8 Å². The Kier molecular flexibility index (Phi) is 7.34. The largest absolute Gasteiger partial charge is 0.497 e. The molecule has 26 heavy (non-hydrogen) atoms. The van der Waals surface area contributed by atoms with E-state index in [0.29, 0.717) is 16.7 Å². The summed E-state index contributed by atoms with van der Waals surface area (Å²) in [5.41, 5.74) is 1.97. The number of methoxy groups -OCH3 is 1. The van der Waals surface area contributed by atoms with E-state index in [4.69, 9.17) is 21.1 Å². The number of hydrogen-bond acceptors (Lipinski definition) is 3. The zero-order valence-corrected chi connectivity index (χ0v) is 16.5. The van der Waals surface area contributed by atoms with Crippen LogP contribution in [0, 0.1) is 12.8 Å². The molecule has 0 spiro atoms. The van der Waals surface area contributed by atoms with Crippen molar-refractivity contribution in [2.75, 3.05) is 13.7 Å². The van der Waals surface area contributed by atoms with Gasteiger partial charge >= 0.3 is 0 Å². The molecule has 0 aliphatic heterocycles. The molecular formula is C21H26ClNO3. The average Bonchev–Trinajstić information content (AvgIpc) is 2.62. The van der Waals surface area contributed by atoms with Gasteiger partial charge in [0.15, 0.2) is 6.61 Å². The SMILES string of the molecule is COc1ccc([C@@H](CC(C)C)NC(=O)COc2ccc(Cl)c(C)c2)cc1. The van der Waals surface area contributed by atoms with Gasteiger partial charge in [0.2, 0.25) is 0 Å². The molecule has 4 nitrogen and oxygen atoms in total. The van der Waals surface area contributed by atoms with Gasteiger partial charge in [0.05, 0.1) is 13.2 Å². The van der Waals surface area contributed by atoms with Crippen molar-refractivity contribution >= 4 is 17.5 Å². The van der Waals surface area contributed by atoms with Gasteiger partial charge in [-0.2, -0.15) is 0 Å². The molecule has 2 aromatic rings. The Labute approximate surface area is 160 Å². The maximum atomic E-state index is 12.4. The van der Waals surface area contributed by atoms with Crippen LogP contribution in [0.2, 0.25) is 5.02 Å². The first-order chi connectivity index (χ1) is 12.4. The number of carbonyl (C=O) groups is 1. The first-order valence-electron chi connectivity index (χ1n) is 8.71. The number of ether oxygens (including phenoxy) is 2. The zero-order chi connectivity index (χ0) is 19.1. The van der Waals surface area contributed by atoms with E-state index >= 15 is 0 Å². The van der Waals surface area contributed by atoms with E-state index in [1.807, 2.05) is 37.3 Å². The fraction of sp³-hybridized carbons (Fsp3) is 0.381. The first-order valence-corrected chi connectivity index (χ1v) is 9.09. The molecule has 2 rings (SSSR count). The minimum absolute atomic E-state index is 0.0359. The van der Waals surface area contributed by atoms with Crippen molar-refractivity contribution in [1.82, 2.24) is 5.32 Å². The van der Waals surface area contributed by atoms with Gasteiger partial charge in [0.25, 0.3) is 5.91 Å². The van der Waals surface area contributed by atoms with Crippen LogP contribution >= 0.6 is 11.6 Å². The summed E-state index contributed by atoms with van der Waals surface area (Å²) >= 11 is 6.01. The predicted molar refractivity (Wildman–Crippen MR) is 105 cm³/mol. The quantitative estimate of drug-likeness (QED) is 0.710. The molecule has 2 aromatic carbocycles. The van der Waals surface area contributed by atoms with E-state index < -0.39 is 0 Å². The number of aryl methyl sites for hydroxylation is 1. The van der Waals surface area contributed by atoms with Crippen molar-refractivity contribution in [3.63, 3.8) is 0 Å². The third-order valence-electron chi connectivity index (χ3n) is 4.06. The summed E-state index contributed by atoms with van der Waals surface area (Å²) in [7, 11) is 1.64. The maximum absolute atomic E-state index is 12.4. The number of hydrogen-bond donors (Lipinski definition) is 1. The minimum Gasteiger partial charge on any atom is -0.497 e. The van der Waals surface area contributed by atoms with E-state index in [9.17, 15) is 4.79 Å². The summed E-state index contributed by atoms with van der Waals surface area (Å²) in [4.78, 5) is 12.4. The first kappa shape index (κ1) is 20.1. The van der Waals surface area contributed by atoms with Crippen LogP contribution in [-0.4, -0.2) is 19.6 Å². The van der Waals surface area contributed by atoms with Crippen LogP contribution in [0.4, 0.5) is 0 Å². The summed E-state index contributed by atoms with van der Waals surface area (Å²) in [6, 6.07) is 13.1. The molecule has 1 atom stereocenters. The Hall–Kier alpha value is -2.20. The third kappa shape index (κ3) is 5.95. The molecule has 0 aliphatic rings. The van der Waals surface area contributed by atoms with Crippen LogP contribution in [0.3, 0.4) is 0 Å². The lowest BCUT2D eigenvalue weighted by Crippen LogP contribution is -2.33. The lowest BCUT2D eigenvalue weighted by atomic mass is 9.97. The predicted octanol–water partition coefficient (Wildman–Crippen LogP) is 4.94. The van der Waals surface area contributed by atoms with E-state index in [1.54, 1.807) is 19.2 Å². The number of carbonyl (C=O) groups excluding carboxylic acids is 1. The molecule has 140 valence electrons. The van der Waals surface area contributed by atoms with Gasteiger partial charge in [-0.15, -0.1) is 0 Å². The van der Waals surface area contributed by atoms with Crippen LogP contribution in [0.15, 0.2) is 42.5 Å². The molecule has 0 fully saturated rings. The van der Waals surface area contributed by atoms with Gasteiger partial charge in [0, 0.05) is 5.02 Å². The van der Waals surface area contributed by atoms with Crippen LogP contribution in [0.1, 0.15) is 37.4 Å². The summed E-state index contributed by atoms with van der Waals surface area (Å²) in [6.45, 7) is 6.13. The fourth-order valence-electron chi connectivity index (χ4n) is 2.68. The molecule has 0 saturated carbocycles. The van der Waals surface area contributed by atoms with Crippen LogP contribution < -0.4 is 14.8 Å². The second kappa shape index (κ2) is 9.48. The Morgan fingerprint density at radius 2 is 1.77 bits per heavy atom. The molecule has 0 heterocycles. The standard InChI is InChI=1S/C21H26ClNO3/c1-14(2)11-20(16-5-7-17(25-4)8-6-16)23-21(24)13-26-18-9-10-19(22)15(3)12-18/h5-10,12,14,20H,11,13H2,1-4H3,(H,23,24)/t20-/m1/s1. The second-order valence-corrected chi connectivity index (χ2v) is 7.13. The highest BCUT2D eigenvalue weighted by molar-refractivity contribution is 6.31. The van der Waals surface area contributed by atoms with E-state index in [1.165, 1.54) is 0 Å². The number of halogens is 1. The van der Waals surface area contributed by atoms with Crippen molar-refractivity contribution in [3.8, 4) is 11.5 Å². The molecule has 1 amide bonds. The molecular weight excluding hydrogens is 350 g/mol. The molecule has 1 N–H and O–H groups in total. The third-order valence-corrected chi connectivity index (χ3v) is 4.48. The lowest BCUT2D eigenvalue weighted by Gasteiger charge is -2.21. The molecule has 0 unspecified atom stereocenters. The van der Waals surface area contributed by atoms with E-state index in [2.05, 4.69) is 19.2 Å². The van der Waals surface area contributed by atoms with Crippen molar-refractivity contribution in [2.45, 2.75) is 33.2 Å². The summed E-state index contributed by atoms with van der Waals surface area (Å²) < 4.78 is 10.8. The van der Waals surface area contributed by atoms with Crippen LogP contribution in [-0.2, 0) is 4.79 Å². The van der Waals surface area contributed by atoms with Gasteiger partial charge in [-0.25, -0.2) is 0 Å². The van der Waals surface area contributed by atoms with Crippen molar-refractivity contribution in [3.05, 3.63) is 58.6 Å². The van der Waals surface area contributed by atoms with E-state index in [-0.39, 0.29) is 18.6 Å². The fourth-order valence-corrected chi connectivity index (χ4v) is 2.80. The Bertz CT molecular complexity index is 729. The highest BCUT2D eigenvalue weighted by Gasteiger charge is 2.17. The lowest BCUT2D eigenvalue weighted by molar-refractivity contribution is -0.124. The van der Waals surface area contributed by atoms with Gasteiger partial charge in [0.1, 0.15) is 11.5 Å². The molecule has 0 aliphatic carbocycles. The molecule has 0 radical (unpaired) electrons. The smallest absolute Gasteiger partial charge is 0.258 e. The molecule has 0 bridgehead atoms. The average molecular weight is 376 g/mol. The number of benzene rings is 2. The molecule has 5 heteroatoms. The van der Waals surface area contributed by atoms with Gasteiger partial charge in [-0.3, -0.25) is 4.79 Å². The van der Waals surface area contributed by atoms with Gasteiger partial charge in [-0.1, -0.05) is 37.6 Å². The summed E-state index contributed by atoms with van der Waals surface area (Å²) in [5.74, 6) is 1.72. The van der Waals surface area contributed by atoms with Gasteiger partial charge in [-0.05, 0) is 60.7 Å². The zero-order valence-electron chi connectivity index (χ0n) is 15.7. The van der Waals surface area contributed by atoms with E-state index in [0.717, 1.165) is 23.3 Å². The minimum atomic E-state index is -0.154. The molecule has 0 aromatic heterocycles. The van der Waals surface area contributed by atoms with Crippen molar-refractivity contribution < 1.29 is 14.3 Å². The van der Waals surface area contributed by atoms with Crippen LogP contribution in [0.5, 0.6) is 11.5 Å². The van der Waals surface area contributed by atoms with Crippen molar-refractivity contribution in [2.24, 2.45) is 5.92 Å².